The average Bonchev–Trinajstić information content (AvgIpc) is 2.78. The molecule has 2 atom stereocenters. The Bertz CT molecular complexity index is 881. The number of rotatable bonds is 9. The van der Waals surface area contributed by atoms with Crippen molar-refractivity contribution < 1.29 is 14.3 Å². The Morgan fingerprint density at radius 1 is 1.23 bits per heavy atom. The fraction of sp³-hybridized carbons (Fsp3) is 0.462. The van der Waals surface area contributed by atoms with Gasteiger partial charge in [-0.25, -0.2) is 0 Å². The fourth-order valence-electron chi connectivity index (χ4n) is 4.65. The minimum atomic E-state index is -0.190. The second kappa shape index (κ2) is 11.0. The lowest BCUT2D eigenvalue weighted by molar-refractivity contribution is -0.140. The molecule has 0 radical (unpaired) electrons. The molecule has 3 rings (SSSR count). The summed E-state index contributed by atoms with van der Waals surface area (Å²) in [5.41, 5.74) is 10.6. The summed E-state index contributed by atoms with van der Waals surface area (Å²) in [6.45, 7) is 3.68. The number of esters is 1. The number of ether oxygens (including phenoxy) is 1. The fourth-order valence-corrected chi connectivity index (χ4v) is 4.65. The van der Waals surface area contributed by atoms with Crippen molar-refractivity contribution in [3.8, 4) is 0 Å². The summed E-state index contributed by atoms with van der Waals surface area (Å²) in [5, 5.41) is 0. The molecule has 1 aliphatic rings. The highest BCUT2D eigenvalue weighted by Gasteiger charge is 2.31. The maximum Gasteiger partial charge on any atom is 0.305 e. The molecule has 2 aromatic carbocycles. The minimum Gasteiger partial charge on any atom is -0.469 e. The molecule has 5 nitrogen and oxygen atoms in total. The van der Waals surface area contributed by atoms with Crippen LogP contribution in [0.3, 0.4) is 0 Å². The summed E-state index contributed by atoms with van der Waals surface area (Å²) in [5.74, 6) is 0.721. The Morgan fingerprint density at radius 3 is 2.65 bits per heavy atom. The third kappa shape index (κ3) is 6.09. The highest BCUT2D eigenvalue weighted by Crippen LogP contribution is 2.37. The summed E-state index contributed by atoms with van der Waals surface area (Å²) in [6, 6.07) is 16.5. The first kappa shape index (κ1) is 22.9. The van der Waals surface area contributed by atoms with Gasteiger partial charge in [0.25, 0.3) is 0 Å². The van der Waals surface area contributed by atoms with Gasteiger partial charge in [0.2, 0.25) is 5.91 Å². The standard InChI is InChI=1S/C26H34N2O3/c1-3-23(21-13-12-20(24(27)16-21)10-7-11-26(30)31-2)22-14-15-28(25(29)17-22)18-19-8-5-4-6-9-19/h4-6,8-9,12-13,16,22-23H,3,7,10-11,14-15,17-18,27H2,1-2H3. The van der Waals surface area contributed by atoms with Gasteiger partial charge < -0.3 is 15.4 Å². The topological polar surface area (TPSA) is 72.6 Å². The highest BCUT2D eigenvalue weighted by molar-refractivity contribution is 5.77. The lowest BCUT2D eigenvalue weighted by atomic mass is 9.78. The monoisotopic (exact) mass is 422 g/mol. The van der Waals surface area contributed by atoms with E-state index in [9.17, 15) is 9.59 Å². The van der Waals surface area contributed by atoms with Crippen LogP contribution < -0.4 is 5.73 Å². The van der Waals surface area contributed by atoms with Crippen molar-refractivity contribution in [1.29, 1.82) is 0 Å². The maximum absolute atomic E-state index is 12.8. The van der Waals surface area contributed by atoms with Crippen LogP contribution in [0.15, 0.2) is 48.5 Å². The molecule has 2 N–H and O–H groups in total. The smallest absolute Gasteiger partial charge is 0.305 e. The molecule has 166 valence electrons. The highest BCUT2D eigenvalue weighted by atomic mass is 16.5. The van der Waals surface area contributed by atoms with Crippen molar-refractivity contribution in [2.24, 2.45) is 5.92 Å². The van der Waals surface area contributed by atoms with Crippen molar-refractivity contribution in [3.63, 3.8) is 0 Å². The number of anilines is 1. The third-order valence-corrected chi connectivity index (χ3v) is 6.44. The van der Waals surface area contributed by atoms with E-state index in [0.29, 0.717) is 31.2 Å². The van der Waals surface area contributed by atoms with Gasteiger partial charge in [0.1, 0.15) is 0 Å². The number of methoxy groups -OCH3 is 1. The number of piperidine rings is 1. The SMILES string of the molecule is CCC(c1ccc(CCCC(=O)OC)c(N)c1)C1CCN(Cc2ccccc2)C(=O)C1. The molecule has 1 heterocycles. The molecule has 2 aromatic rings. The van der Waals surface area contributed by atoms with E-state index in [4.69, 9.17) is 10.5 Å². The molecule has 31 heavy (non-hydrogen) atoms. The lowest BCUT2D eigenvalue weighted by Crippen LogP contribution is -2.39. The van der Waals surface area contributed by atoms with Crippen molar-refractivity contribution in [1.82, 2.24) is 4.90 Å². The zero-order valence-electron chi connectivity index (χ0n) is 18.7. The number of nitrogen functional groups attached to an aromatic ring is 1. The molecule has 0 saturated carbocycles. The largest absolute Gasteiger partial charge is 0.469 e. The zero-order valence-corrected chi connectivity index (χ0v) is 18.7. The molecule has 1 fully saturated rings. The molecule has 0 spiro atoms. The van der Waals surface area contributed by atoms with Crippen LogP contribution in [0, 0.1) is 5.92 Å². The second-order valence-electron chi connectivity index (χ2n) is 8.46. The second-order valence-corrected chi connectivity index (χ2v) is 8.46. The van der Waals surface area contributed by atoms with Gasteiger partial charge in [-0.1, -0.05) is 49.4 Å². The number of nitrogens with two attached hydrogens (primary N) is 1. The Labute approximate surface area is 185 Å². The molecule has 2 unspecified atom stereocenters. The van der Waals surface area contributed by atoms with Crippen molar-refractivity contribution in [2.75, 3.05) is 19.4 Å². The van der Waals surface area contributed by atoms with Crippen LogP contribution in [0.4, 0.5) is 5.69 Å². The van der Waals surface area contributed by atoms with E-state index in [0.717, 1.165) is 43.5 Å². The van der Waals surface area contributed by atoms with Gasteiger partial charge in [-0.2, -0.15) is 0 Å². The Kier molecular flexibility index (Phi) is 8.10. The predicted molar refractivity (Wildman–Crippen MR) is 123 cm³/mol. The van der Waals surface area contributed by atoms with Crippen LogP contribution in [0.1, 0.15) is 61.6 Å². The Morgan fingerprint density at radius 2 is 2.00 bits per heavy atom. The third-order valence-electron chi connectivity index (χ3n) is 6.44. The number of carbonyl (C=O) groups excluding carboxylic acids is 2. The van der Waals surface area contributed by atoms with Crippen molar-refractivity contribution in [3.05, 3.63) is 65.2 Å². The van der Waals surface area contributed by atoms with Gasteiger partial charge in [-0.3, -0.25) is 9.59 Å². The number of hydrogen-bond acceptors (Lipinski definition) is 4. The molecule has 0 bridgehead atoms. The summed E-state index contributed by atoms with van der Waals surface area (Å²) in [4.78, 5) is 26.1. The average molecular weight is 423 g/mol. The number of benzene rings is 2. The van der Waals surface area contributed by atoms with Crippen LogP contribution in [0.5, 0.6) is 0 Å². The van der Waals surface area contributed by atoms with E-state index in [1.54, 1.807) is 0 Å². The molecular formula is C26H34N2O3. The van der Waals surface area contributed by atoms with Crippen molar-refractivity contribution in [2.45, 2.75) is 57.9 Å². The minimum absolute atomic E-state index is 0.190. The molecule has 1 amide bonds. The predicted octanol–water partition coefficient (Wildman–Crippen LogP) is 4.70. The number of carbonyl (C=O) groups is 2. The van der Waals surface area contributed by atoms with Crippen LogP contribution in [-0.4, -0.2) is 30.4 Å². The van der Waals surface area contributed by atoms with E-state index in [2.05, 4.69) is 37.3 Å². The van der Waals surface area contributed by atoms with Gasteiger partial charge in [0.05, 0.1) is 7.11 Å². The molecule has 1 saturated heterocycles. The Hall–Kier alpha value is -2.82. The molecule has 1 aliphatic heterocycles. The molecule has 0 aliphatic carbocycles. The summed E-state index contributed by atoms with van der Waals surface area (Å²) in [6.07, 6.45) is 4.47. The van der Waals surface area contributed by atoms with E-state index in [-0.39, 0.29) is 11.9 Å². The molecule has 0 aromatic heterocycles. The van der Waals surface area contributed by atoms with Gasteiger partial charge in [-0.05, 0) is 60.3 Å². The lowest BCUT2D eigenvalue weighted by Gasteiger charge is -2.36. The van der Waals surface area contributed by atoms with E-state index >= 15 is 0 Å². The first-order chi connectivity index (χ1) is 15.0. The van der Waals surface area contributed by atoms with Gasteiger partial charge in [-0.15, -0.1) is 0 Å². The van der Waals surface area contributed by atoms with E-state index in [1.165, 1.54) is 18.2 Å². The van der Waals surface area contributed by atoms with Crippen LogP contribution in [0.25, 0.3) is 0 Å². The Balaban J connectivity index is 1.61. The number of aryl methyl sites for hydroxylation is 1. The number of hydrogen-bond donors (Lipinski definition) is 1. The van der Waals surface area contributed by atoms with E-state index < -0.39 is 0 Å². The maximum atomic E-state index is 12.8. The van der Waals surface area contributed by atoms with Crippen LogP contribution in [0.2, 0.25) is 0 Å². The first-order valence-electron chi connectivity index (χ1n) is 11.3. The summed E-state index contributed by atoms with van der Waals surface area (Å²) < 4.78 is 4.70. The van der Waals surface area contributed by atoms with Gasteiger partial charge >= 0.3 is 5.97 Å². The van der Waals surface area contributed by atoms with Gasteiger partial charge in [0, 0.05) is 31.6 Å². The molecule has 5 heteroatoms. The zero-order chi connectivity index (χ0) is 22.2. The number of nitrogens with zero attached hydrogens (tertiary/aromatic N) is 1. The van der Waals surface area contributed by atoms with Crippen molar-refractivity contribution >= 4 is 17.6 Å². The molecular weight excluding hydrogens is 388 g/mol. The van der Waals surface area contributed by atoms with E-state index in [1.807, 2.05) is 23.1 Å². The first-order valence-corrected chi connectivity index (χ1v) is 11.3. The quantitative estimate of drug-likeness (QED) is 0.470. The van der Waals surface area contributed by atoms with Gasteiger partial charge in [0.15, 0.2) is 0 Å². The number of amides is 1. The van der Waals surface area contributed by atoms with Crippen LogP contribution >= 0.6 is 0 Å². The summed E-state index contributed by atoms with van der Waals surface area (Å²) >= 11 is 0. The number of likely N-dealkylation sites (tertiary alicyclic amines) is 1. The normalized spacial score (nSPS) is 17.4. The van der Waals surface area contributed by atoms with Crippen LogP contribution in [-0.2, 0) is 27.3 Å². The summed E-state index contributed by atoms with van der Waals surface area (Å²) in [7, 11) is 1.41.